The summed E-state index contributed by atoms with van der Waals surface area (Å²) in [7, 11) is 0. The summed E-state index contributed by atoms with van der Waals surface area (Å²) in [6, 6.07) is 4.76. The zero-order valence-corrected chi connectivity index (χ0v) is 10.9. The molecule has 2 heterocycles. The second-order valence-electron chi connectivity index (χ2n) is 5.38. The van der Waals surface area contributed by atoms with Gasteiger partial charge in [-0.3, -0.25) is 4.90 Å². The van der Waals surface area contributed by atoms with E-state index in [1.807, 2.05) is 12.1 Å². The lowest BCUT2D eigenvalue weighted by molar-refractivity contribution is 0.199. The Morgan fingerprint density at radius 2 is 2.00 bits per heavy atom. The highest BCUT2D eigenvalue weighted by atomic mass is 16.3. The molecule has 1 N–H and O–H groups in total. The molecule has 2 aliphatic rings. The third-order valence-electron chi connectivity index (χ3n) is 3.95. The normalized spacial score (nSPS) is 23.1. The zero-order chi connectivity index (χ0) is 12.5. The van der Waals surface area contributed by atoms with Crippen LogP contribution in [-0.4, -0.2) is 47.2 Å². The molecule has 0 aromatic carbocycles. The maximum Gasteiger partial charge on any atom is 0.128 e. The van der Waals surface area contributed by atoms with E-state index in [2.05, 4.69) is 14.8 Å². The van der Waals surface area contributed by atoms with Crippen molar-refractivity contribution in [2.24, 2.45) is 0 Å². The lowest BCUT2D eigenvalue weighted by Crippen LogP contribution is -2.47. The number of aromatic nitrogens is 1. The van der Waals surface area contributed by atoms with Gasteiger partial charge >= 0.3 is 0 Å². The van der Waals surface area contributed by atoms with Crippen LogP contribution in [0.2, 0.25) is 0 Å². The van der Waals surface area contributed by atoms with Crippen LogP contribution in [0.1, 0.15) is 31.4 Å². The van der Waals surface area contributed by atoms with Crippen LogP contribution in [0, 0.1) is 0 Å². The fourth-order valence-corrected chi connectivity index (χ4v) is 2.62. The van der Waals surface area contributed by atoms with Crippen molar-refractivity contribution in [1.82, 2.24) is 9.88 Å². The Labute approximate surface area is 108 Å². The molecule has 0 unspecified atom stereocenters. The summed E-state index contributed by atoms with van der Waals surface area (Å²) in [6.07, 6.45) is 4.15. The molecule has 1 atom stereocenters. The van der Waals surface area contributed by atoms with Crippen LogP contribution in [0.15, 0.2) is 18.3 Å². The number of piperazine rings is 1. The molecule has 4 heteroatoms. The molecule has 1 saturated heterocycles. The zero-order valence-electron chi connectivity index (χ0n) is 10.9. The van der Waals surface area contributed by atoms with E-state index >= 15 is 0 Å². The van der Waals surface area contributed by atoms with Gasteiger partial charge in [-0.25, -0.2) is 4.98 Å². The first-order chi connectivity index (χ1) is 8.74. The van der Waals surface area contributed by atoms with Crippen molar-refractivity contribution in [3.8, 4) is 0 Å². The molecule has 0 radical (unpaired) electrons. The quantitative estimate of drug-likeness (QED) is 0.877. The molecule has 18 heavy (non-hydrogen) atoms. The van der Waals surface area contributed by atoms with Gasteiger partial charge in [-0.05, 0) is 37.5 Å². The SMILES string of the molecule is C[C@H](O)c1ccnc(N2CCN(C3CC3)CC2)c1. The van der Waals surface area contributed by atoms with E-state index in [-0.39, 0.29) is 0 Å². The lowest BCUT2D eigenvalue weighted by Gasteiger charge is -2.35. The Hall–Kier alpha value is -1.13. The fraction of sp³-hybridized carbons (Fsp3) is 0.643. The number of hydrogen-bond acceptors (Lipinski definition) is 4. The lowest BCUT2D eigenvalue weighted by atomic mass is 10.1. The maximum atomic E-state index is 9.62. The van der Waals surface area contributed by atoms with Crippen LogP contribution < -0.4 is 4.90 Å². The summed E-state index contributed by atoms with van der Waals surface area (Å²) in [6.45, 7) is 6.18. The van der Waals surface area contributed by atoms with Crippen molar-refractivity contribution in [1.29, 1.82) is 0 Å². The van der Waals surface area contributed by atoms with E-state index in [9.17, 15) is 5.11 Å². The Balaban J connectivity index is 1.66. The van der Waals surface area contributed by atoms with Crippen molar-refractivity contribution in [3.05, 3.63) is 23.9 Å². The van der Waals surface area contributed by atoms with Gasteiger partial charge in [0.25, 0.3) is 0 Å². The standard InChI is InChI=1S/C14H21N3O/c1-11(18)12-4-5-15-14(10-12)17-8-6-16(7-9-17)13-2-3-13/h4-5,10-11,13,18H,2-3,6-9H2,1H3/t11-/m0/s1. The topological polar surface area (TPSA) is 39.6 Å². The number of pyridine rings is 1. The van der Waals surface area contributed by atoms with E-state index in [1.165, 1.54) is 12.8 Å². The number of aliphatic hydroxyl groups excluding tert-OH is 1. The summed E-state index contributed by atoms with van der Waals surface area (Å²) >= 11 is 0. The van der Waals surface area contributed by atoms with Crippen LogP contribution in [0.3, 0.4) is 0 Å². The minimum absolute atomic E-state index is 0.417. The molecule has 0 bridgehead atoms. The summed E-state index contributed by atoms with van der Waals surface area (Å²) in [5.74, 6) is 1.00. The minimum atomic E-state index is -0.417. The van der Waals surface area contributed by atoms with Gasteiger partial charge in [-0.2, -0.15) is 0 Å². The minimum Gasteiger partial charge on any atom is -0.389 e. The first-order valence-electron chi connectivity index (χ1n) is 6.87. The third kappa shape index (κ3) is 2.49. The number of nitrogens with zero attached hydrogens (tertiary/aromatic N) is 3. The van der Waals surface area contributed by atoms with Crippen molar-refractivity contribution >= 4 is 5.82 Å². The number of hydrogen-bond donors (Lipinski definition) is 1. The molecule has 0 amide bonds. The fourth-order valence-electron chi connectivity index (χ4n) is 2.62. The molecule has 1 aromatic heterocycles. The Morgan fingerprint density at radius 1 is 1.28 bits per heavy atom. The van der Waals surface area contributed by atoms with Gasteiger partial charge in [0, 0.05) is 38.4 Å². The highest BCUT2D eigenvalue weighted by molar-refractivity contribution is 5.42. The highest BCUT2D eigenvalue weighted by Gasteiger charge is 2.31. The first kappa shape index (κ1) is 11.9. The van der Waals surface area contributed by atoms with Gasteiger partial charge in [-0.1, -0.05) is 0 Å². The molecule has 2 fully saturated rings. The third-order valence-corrected chi connectivity index (χ3v) is 3.95. The molecule has 0 spiro atoms. The number of rotatable bonds is 3. The number of aliphatic hydroxyl groups is 1. The first-order valence-corrected chi connectivity index (χ1v) is 6.87. The van der Waals surface area contributed by atoms with Gasteiger partial charge in [-0.15, -0.1) is 0 Å². The van der Waals surface area contributed by atoms with E-state index < -0.39 is 6.10 Å². The van der Waals surface area contributed by atoms with Gasteiger partial charge in [0.1, 0.15) is 5.82 Å². The van der Waals surface area contributed by atoms with Gasteiger partial charge < -0.3 is 10.0 Å². The van der Waals surface area contributed by atoms with Crippen LogP contribution in [0.4, 0.5) is 5.82 Å². The van der Waals surface area contributed by atoms with Crippen molar-refractivity contribution in [2.45, 2.75) is 31.9 Å². The largest absolute Gasteiger partial charge is 0.389 e. The molecule has 3 rings (SSSR count). The second kappa shape index (κ2) is 4.86. The van der Waals surface area contributed by atoms with E-state index in [0.717, 1.165) is 43.6 Å². The van der Waals surface area contributed by atoms with Crippen LogP contribution in [0.25, 0.3) is 0 Å². The molecule has 4 nitrogen and oxygen atoms in total. The van der Waals surface area contributed by atoms with Crippen LogP contribution >= 0.6 is 0 Å². The van der Waals surface area contributed by atoms with Gasteiger partial charge in [0.15, 0.2) is 0 Å². The summed E-state index contributed by atoms with van der Waals surface area (Å²) in [5, 5.41) is 9.62. The predicted molar refractivity (Wildman–Crippen MR) is 71.7 cm³/mol. The molecule has 1 saturated carbocycles. The average Bonchev–Trinajstić information content (AvgIpc) is 3.23. The molecule has 1 aromatic rings. The van der Waals surface area contributed by atoms with Gasteiger partial charge in [0.05, 0.1) is 6.10 Å². The highest BCUT2D eigenvalue weighted by Crippen LogP contribution is 2.28. The van der Waals surface area contributed by atoms with Crippen molar-refractivity contribution in [2.75, 3.05) is 31.1 Å². The molecule has 1 aliphatic carbocycles. The Bertz CT molecular complexity index is 409. The Kier molecular flexibility index (Phi) is 3.22. The molecular weight excluding hydrogens is 226 g/mol. The molecule has 1 aliphatic heterocycles. The monoisotopic (exact) mass is 247 g/mol. The maximum absolute atomic E-state index is 9.62. The van der Waals surface area contributed by atoms with E-state index in [0.29, 0.717) is 0 Å². The average molecular weight is 247 g/mol. The molecule has 98 valence electrons. The summed E-state index contributed by atoms with van der Waals surface area (Å²) in [4.78, 5) is 9.34. The molecular formula is C14H21N3O. The smallest absolute Gasteiger partial charge is 0.128 e. The Morgan fingerprint density at radius 3 is 2.61 bits per heavy atom. The van der Waals surface area contributed by atoms with E-state index in [4.69, 9.17) is 0 Å². The summed E-state index contributed by atoms with van der Waals surface area (Å²) in [5.41, 5.74) is 0.949. The van der Waals surface area contributed by atoms with Crippen LogP contribution in [0.5, 0.6) is 0 Å². The second-order valence-corrected chi connectivity index (χ2v) is 5.38. The van der Waals surface area contributed by atoms with Crippen LogP contribution in [-0.2, 0) is 0 Å². The van der Waals surface area contributed by atoms with E-state index in [1.54, 1.807) is 13.1 Å². The van der Waals surface area contributed by atoms with Gasteiger partial charge in [0.2, 0.25) is 0 Å². The predicted octanol–water partition coefficient (Wildman–Crippen LogP) is 1.42. The number of anilines is 1. The van der Waals surface area contributed by atoms with Crippen molar-refractivity contribution in [3.63, 3.8) is 0 Å². The van der Waals surface area contributed by atoms with Crippen molar-refractivity contribution < 1.29 is 5.11 Å². The summed E-state index contributed by atoms with van der Waals surface area (Å²) < 4.78 is 0.